The maximum Gasteiger partial charge on any atom is 0.325 e. The minimum atomic E-state index is -2.82. The molecule has 7 heteroatoms. The number of nitrogens with one attached hydrogen (secondary N) is 1. The molecule has 4 rings (SSSR count). The number of amides is 3. The minimum absolute atomic E-state index is 0.125. The maximum atomic E-state index is 13.5. The molecular formula is C24H24F2N2O3. The van der Waals surface area contributed by atoms with Gasteiger partial charge in [0.25, 0.3) is 5.91 Å². The molecule has 0 radical (unpaired) electrons. The predicted octanol–water partition coefficient (Wildman–Crippen LogP) is 4.65. The average Bonchev–Trinajstić information content (AvgIpc) is 2.97. The molecule has 2 aromatic rings. The van der Waals surface area contributed by atoms with Crippen LogP contribution in [0.1, 0.15) is 47.2 Å². The van der Waals surface area contributed by atoms with Gasteiger partial charge in [0.05, 0.1) is 6.54 Å². The molecule has 2 fully saturated rings. The van der Waals surface area contributed by atoms with Gasteiger partial charge in [0.15, 0.2) is 5.78 Å². The summed E-state index contributed by atoms with van der Waals surface area (Å²) < 4.78 is 27.0. The highest BCUT2D eigenvalue weighted by atomic mass is 19.3. The van der Waals surface area contributed by atoms with Crippen LogP contribution in [0.4, 0.5) is 13.6 Å². The largest absolute Gasteiger partial charge is 0.325 e. The Morgan fingerprint density at radius 2 is 1.65 bits per heavy atom. The van der Waals surface area contributed by atoms with Crippen molar-refractivity contribution in [2.45, 2.75) is 51.0 Å². The highest BCUT2D eigenvalue weighted by Gasteiger charge is 2.55. The number of carbonyl (C=O) groups is 3. The fraction of sp³-hybridized carbons (Fsp3) is 0.375. The first kappa shape index (κ1) is 21.2. The zero-order valence-corrected chi connectivity index (χ0v) is 17.5. The van der Waals surface area contributed by atoms with Gasteiger partial charge in [0.1, 0.15) is 5.54 Å². The Labute approximate surface area is 179 Å². The molecule has 2 aliphatic rings. The second-order valence-electron chi connectivity index (χ2n) is 8.51. The van der Waals surface area contributed by atoms with Crippen molar-refractivity contribution in [3.8, 4) is 11.1 Å². The van der Waals surface area contributed by atoms with E-state index in [9.17, 15) is 23.2 Å². The fourth-order valence-electron chi connectivity index (χ4n) is 4.34. The van der Waals surface area contributed by atoms with Crippen molar-refractivity contribution in [2.24, 2.45) is 0 Å². The second kappa shape index (κ2) is 7.55. The van der Waals surface area contributed by atoms with Crippen molar-refractivity contribution < 1.29 is 23.2 Å². The van der Waals surface area contributed by atoms with Gasteiger partial charge in [-0.15, -0.1) is 0 Å². The molecule has 1 N–H and O–H groups in total. The molecule has 1 spiro atoms. The van der Waals surface area contributed by atoms with Crippen LogP contribution in [0.15, 0.2) is 42.5 Å². The Bertz CT molecular complexity index is 1050. The summed E-state index contributed by atoms with van der Waals surface area (Å²) in [6.07, 6.45) is -1.17. The van der Waals surface area contributed by atoms with Gasteiger partial charge < -0.3 is 5.32 Å². The van der Waals surface area contributed by atoms with Crippen LogP contribution in [-0.2, 0) is 4.79 Å². The number of aryl methyl sites for hydroxylation is 1. The Balaban J connectivity index is 1.48. The lowest BCUT2D eigenvalue weighted by Gasteiger charge is -2.34. The van der Waals surface area contributed by atoms with Gasteiger partial charge in [-0.25, -0.2) is 13.6 Å². The number of hydrogen-bond acceptors (Lipinski definition) is 3. The molecular weight excluding hydrogens is 402 g/mol. The van der Waals surface area contributed by atoms with Gasteiger partial charge in [-0.05, 0) is 48.9 Å². The van der Waals surface area contributed by atoms with Crippen LogP contribution in [0.3, 0.4) is 0 Å². The summed E-state index contributed by atoms with van der Waals surface area (Å²) in [5.74, 6) is -3.79. The second-order valence-corrected chi connectivity index (χ2v) is 8.51. The van der Waals surface area contributed by atoms with Crippen LogP contribution in [0.2, 0.25) is 0 Å². The Morgan fingerprint density at radius 1 is 1.00 bits per heavy atom. The van der Waals surface area contributed by atoms with E-state index in [1.807, 2.05) is 44.2 Å². The summed E-state index contributed by atoms with van der Waals surface area (Å²) in [5, 5.41) is 2.56. The summed E-state index contributed by atoms with van der Waals surface area (Å²) >= 11 is 0. The number of hydrogen-bond donors (Lipinski definition) is 1. The number of halogens is 2. The van der Waals surface area contributed by atoms with Crippen molar-refractivity contribution in [1.82, 2.24) is 10.2 Å². The summed E-state index contributed by atoms with van der Waals surface area (Å²) in [6, 6.07) is 12.4. The van der Waals surface area contributed by atoms with Crippen LogP contribution in [0.5, 0.6) is 0 Å². The standard InChI is InChI=1S/C24H24F2N2O3/c1-15-4-3-5-19(16(15)2)17-6-8-18(9-7-17)20(29)14-28-21(30)23(27-22(28)31)10-12-24(25,26)13-11-23/h3-9H,10-14H2,1-2H3,(H,27,31). The number of Topliss-reactive ketones (excluding diaryl/α,β-unsaturated/α-hetero) is 1. The third kappa shape index (κ3) is 3.84. The first-order valence-electron chi connectivity index (χ1n) is 10.3. The van der Waals surface area contributed by atoms with E-state index in [0.717, 1.165) is 21.6 Å². The van der Waals surface area contributed by atoms with Gasteiger partial charge in [-0.2, -0.15) is 0 Å². The molecule has 0 unspecified atom stereocenters. The van der Waals surface area contributed by atoms with Gasteiger partial charge in [-0.1, -0.05) is 42.5 Å². The normalized spacial score (nSPS) is 19.5. The Morgan fingerprint density at radius 3 is 2.29 bits per heavy atom. The first-order valence-corrected chi connectivity index (χ1v) is 10.3. The number of benzene rings is 2. The monoisotopic (exact) mass is 426 g/mol. The van der Waals surface area contributed by atoms with Gasteiger partial charge in [-0.3, -0.25) is 14.5 Å². The summed E-state index contributed by atoms with van der Waals surface area (Å²) in [6.45, 7) is 3.67. The molecule has 0 aromatic heterocycles. The van der Waals surface area contributed by atoms with Crippen LogP contribution in [0.25, 0.3) is 11.1 Å². The zero-order chi connectivity index (χ0) is 22.4. The number of carbonyl (C=O) groups excluding carboxylic acids is 3. The highest BCUT2D eigenvalue weighted by Crippen LogP contribution is 2.41. The van der Waals surface area contributed by atoms with E-state index in [0.29, 0.717) is 5.56 Å². The minimum Gasteiger partial charge on any atom is -0.323 e. The number of nitrogens with zero attached hydrogens (tertiary/aromatic N) is 1. The van der Waals surface area contributed by atoms with Crippen molar-refractivity contribution in [3.05, 3.63) is 59.2 Å². The van der Waals surface area contributed by atoms with E-state index in [4.69, 9.17) is 0 Å². The first-order chi connectivity index (χ1) is 14.6. The number of alkyl halides is 2. The molecule has 162 valence electrons. The van der Waals surface area contributed by atoms with Crippen molar-refractivity contribution in [1.29, 1.82) is 0 Å². The topological polar surface area (TPSA) is 66.5 Å². The fourth-order valence-corrected chi connectivity index (χ4v) is 4.34. The quantitative estimate of drug-likeness (QED) is 0.572. The molecule has 31 heavy (non-hydrogen) atoms. The van der Waals surface area contributed by atoms with E-state index in [2.05, 4.69) is 5.32 Å². The number of urea groups is 1. The van der Waals surface area contributed by atoms with Crippen LogP contribution in [-0.4, -0.2) is 40.6 Å². The van der Waals surface area contributed by atoms with E-state index in [1.165, 1.54) is 5.56 Å². The molecule has 1 saturated carbocycles. The van der Waals surface area contributed by atoms with E-state index in [1.54, 1.807) is 12.1 Å². The van der Waals surface area contributed by atoms with Crippen LogP contribution < -0.4 is 5.32 Å². The van der Waals surface area contributed by atoms with E-state index >= 15 is 0 Å². The van der Waals surface area contributed by atoms with Gasteiger partial charge in [0, 0.05) is 18.4 Å². The lowest BCUT2D eigenvalue weighted by Crippen LogP contribution is -2.51. The summed E-state index contributed by atoms with van der Waals surface area (Å²) in [4.78, 5) is 38.8. The van der Waals surface area contributed by atoms with Crippen LogP contribution in [0, 0.1) is 13.8 Å². The SMILES string of the molecule is Cc1cccc(-c2ccc(C(=O)CN3C(=O)NC4(CCC(F)(F)CC4)C3=O)cc2)c1C. The Hall–Kier alpha value is -3.09. The molecule has 5 nitrogen and oxygen atoms in total. The molecule has 0 atom stereocenters. The number of ketones is 1. The molecule has 1 aliphatic carbocycles. The predicted molar refractivity (Wildman–Crippen MR) is 112 cm³/mol. The lowest BCUT2D eigenvalue weighted by molar-refractivity contribution is -0.135. The highest BCUT2D eigenvalue weighted by molar-refractivity contribution is 6.11. The van der Waals surface area contributed by atoms with Crippen molar-refractivity contribution in [3.63, 3.8) is 0 Å². The average molecular weight is 426 g/mol. The van der Waals surface area contributed by atoms with E-state index < -0.39 is 42.8 Å². The molecule has 1 saturated heterocycles. The molecule has 1 heterocycles. The van der Waals surface area contributed by atoms with Gasteiger partial charge in [0.2, 0.25) is 5.92 Å². The zero-order valence-electron chi connectivity index (χ0n) is 17.5. The number of imide groups is 1. The van der Waals surface area contributed by atoms with Gasteiger partial charge >= 0.3 is 6.03 Å². The molecule has 1 aliphatic heterocycles. The van der Waals surface area contributed by atoms with Crippen molar-refractivity contribution in [2.75, 3.05) is 6.54 Å². The summed E-state index contributed by atoms with van der Waals surface area (Å²) in [5.41, 5.74) is 3.44. The van der Waals surface area contributed by atoms with E-state index in [-0.39, 0.29) is 18.6 Å². The third-order valence-electron chi connectivity index (χ3n) is 6.51. The molecule has 3 amide bonds. The lowest BCUT2D eigenvalue weighted by atomic mass is 9.80. The number of rotatable bonds is 4. The van der Waals surface area contributed by atoms with Crippen molar-refractivity contribution >= 4 is 17.7 Å². The van der Waals surface area contributed by atoms with Crippen LogP contribution >= 0.6 is 0 Å². The molecule has 2 aromatic carbocycles. The molecule has 0 bridgehead atoms. The smallest absolute Gasteiger partial charge is 0.323 e. The Kier molecular flexibility index (Phi) is 5.15. The summed E-state index contributed by atoms with van der Waals surface area (Å²) in [7, 11) is 0. The third-order valence-corrected chi connectivity index (χ3v) is 6.51. The maximum absolute atomic E-state index is 13.5.